The summed E-state index contributed by atoms with van der Waals surface area (Å²) in [5.74, 6) is 1.18. The average Bonchev–Trinajstić information content (AvgIpc) is 2.38. The number of hydrogen-bond donors (Lipinski definition) is 1. The van der Waals surface area contributed by atoms with Gasteiger partial charge in [0.05, 0.1) is 4.90 Å². The van der Waals surface area contributed by atoms with Gasteiger partial charge in [-0.15, -0.1) is 0 Å². The predicted octanol–water partition coefficient (Wildman–Crippen LogP) is 3.65. The highest BCUT2D eigenvalue weighted by Gasteiger charge is 2.15. The molecule has 0 aliphatic rings. The Hall–Kier alpha value is -0.0400. The van der Waals surface area contributed by atoms with Crippen molar-refractivity contribution in [2.45, 2.75) is 30.6 Å². The van der Waals surface area contributed by atoms with Crippen LogP contribution in [-0.2, 0) is 10.0 Å². The molecule has 0 aromatic heterocycles. The molecule has 0 aliphatic heterocycles. The number of sulfonamides is 1. The second-order valence-electron chi connectivity index (χ2n) is 4.24. The monoisotopic (exact) mass is 365 g/mol. The van der Waals surface area contributed by atoms with E-state index in [1.54, 1.807) is 24.3 Å². The number of thioether (sulfide) groups is 1. The Morgan fingerprint density at radius 2 is 1.84 bits per heavy atom. The maximum atomic E-state index is 12.0. The first-order chi connectivity index (χ1) is 9.08. The van der Waals surface area contributed by atoms with Crippen LogP contribution in [0.4, 0.5) is 0 Å². The third kappa shape index (κ3) is 6.29. The van der Waals surface area contributed by atoms with E-state index in [-0.39, 0.29) is 0 Å². The van der Waals surface area contributed by atoms with Gasteiger partial charge in [-0.3, -0.25) is 0 Å². The van der Waals surface area contributed by atoms with Crippen molar-refractivity contribution in [2.75, 3.05) is 18.6 Å². The average molecular weight is 366 g/mol. The van der Waals surface area contributed by atoms with Crippen molar-refractivity contribution < 1.29 is 8.42 Å². The lowest BCUT2D eigenvalue weighted by Crippen LogP contribution is -2.25. The minimum Gasteiger partial charge on any atom is -0.211 e. The number of benzene rings is 1. The number of hydrogen-bond acceptors (Lipinski definition) is 3. The Morgan fingerprint density at radius 1 is 1.16 bits per heavy atom. The normalized spacial score (nSPS) is 11.7. The standard InChI is InChI=1S/C13H20BrNO2S2/c1-18-11-7-3-2-6-10-15-19(16,17)13-9-5-4-8-12(13)14/h4-5,8-9,15H,2-3,6-7,10-11H2,1H3. The molecular weight excluding hydrogens is 346 g/mol. The first-order valence-electron chi connectivity index (χ1n) is 6.31. The minimum absolute atomic E-state index is 0.303. The van der Waals surface area contributed by atoms with Gasteiger partial charge in [-0.1, -0.05) is 25.0 Å². The first-order valence-corrected chi connectivity index (χ1v) is 9.98. The van der Waals surface area contributed by atoms with Crippen molar-refractivity contribution >= 4 is 37.7 Å². The van der Waals surface area contributed by atoms with Crippen molar-refractivity contribution in [3.8, 4) is 0 Å². The van der Waals surface area contributed by atoms with Crippen LogP contribution in [0.3, 0.4) is 0 Å². The molecule has 1 rings (SSSR count). The maximum absolute atomic E-state index is 12.0. The van der Waals surface area contributed by atoms with E-state index in [1.807, 2.05) is 11.8 Å². The first kappa shape index (κ1) is 17.0. The fourth-order valence-corrected chi connectivity index (χ4v) is 4.24. The van der Waals surface area contributed by atoms with E-state index in [2.05, 4.69) is 26.9 Å². The van der Waals surface area contributed by atoms with Crippen LogP contribution in [-0.4, -0.2) is 27.0 Å². The van der Waals surface area contributed by atoms with E-state index in [0.717, 1.165) is 19.3 Å². The molecule has 0 radical (unpaired) electrons. The second-order valence-corrected chi connectivity index (χ2v) is 7.81. The quantitative estimate of drug-likeness (QED) is 0.679. The van der Waals surface area contributed by atoms with E-state index in [1.165, 1.54) is 12.2 Å². The third-order valence-electron chi connectivity index (χ3n) is 2.69. The van der Waals surface area contributed by atoms with E-state index in [4.69, 9.17) is 0 Å². The summed E-state index contributed by atoms with van der Waals surface area (Å²) in [5, 5.41) is 0. The molecule has 1 aromatic carbocycles. The summed E-state index contributed by atoms with van der Waals surface area (Å²) in [5.41, 5.74) is 0. The van der Waals surface area contributed by atoms with Gasteiger partial charge in [-0.25, -0.2) is 13.1 Å². The number of nitrogens with one attached hydrogen (secondary N) is 1. The number of halogens is 1. The van der Waals surface area contributed by atoms with Crippen molar-refractivity contribution in [3.05, 3.63) is 28.7 Å². The van der Waals surface area contributed by atoms with Gasteiger partial charge in [0.25, 0.3) is 0 Å². The largest absolute Gasteiger partial charge is 0.241 e. The molecule has 6 heteroatoms. The summed E-state index contributed by atoms with van der Waals surface area (Å²) in [4.78, 5) is 0.303. The minimum atomic E-state index is -3.39. The van der Waals surface area contributed by atoms with Gasteiger partial charge in [0.15, 0.2) is 0 Å². The topological polar surface area (TPSA) is 46.2 Å². The summed E-state index contributed by atoms with van der Waals surface area (Å²) in [7, 11) is -3.39. The molecule has 0 unspecified atom stereocenters. The zero-order valence-corrected chi connectivity index (χ0v) is 14.3. The van der Waals surface area contributed by atoms with Crippen molar-refractivity contribution in [1.82, 2.24) is 4.72 Å². The molecule has 0 fully saturated rings. The lowest BCUT2D eigenvalue weighted by atomic mass is 10.2. The lowest BCUT2D eigenvalue weighted by molar-refractivity contribution is 0.573. The molecule has 108 valence electrons. The molecule has 0 bridgehead atoms. The van der Waals surface area contributed by atoms with Gasteiger partial charge in [-0.05, 0) is 52.9 Å². The summed E-state index contributed by atoms with van der Waals surface area (Å²) < 4.78 is 27.3. The third-order valence-corrected chi connectivity index (χ3v) is 5.86. The van der Waals surface area contributed by atoms with Crippen LogP contribution in [0, 0.1) is 0 Å². The van der Waals surface area contributed by atoms with Crippen LogP contribution in [0.25, 0.3) is 0 Å². The molecule has 0 spiro atoms. The molecule has 0 heterocycles. The van der Waals surface area contributed by atoms with E-state index in [0.29, 0.717) is 15.9 Å². The molecule has 0 saturated heterocycles. The predicted molar refractivity (Wildman–Crippen MR) is 86.2 cm³/mol. The Kier molecular flexibility index (Phi) is 8.06. The molecule has 1 N–H and O–H groups in total. The van der Waals surface area contributed by atoms with Crippen molar-refractivity contribution in [3.63, 3.8) is 0 Å². The summed E-state index contributed by atoms with van der Waals surface area (Å²) in [6.45, 7) is 0.503. The van der Waals surface area contributed by atoms with Gasteiger partial charge < -0.3 is 0 Å². The Morgan fingerprint density at radius 3 is 2.53 bits per heavy atom. The molecular formula is C13H20BrNO2S2. The van der Waals surface area contributed by atoms with Crippen molar-refractivity contribution in [1.29, 1.82) is 0 Å². The summed E-state index contributed by atoms with van der Waals surface area (Å²) >= 11 is 5.11. The van der Waals surface area contributed by atoms with E-state index < -0.39 is 10.0 Å². The van der Waals surface area contributed by atoms with Crippen LogP contribution in [0.5, 0.6) is 0 Å². The highest BCUT2D eigenvalue weighted by molar-refractivity contribution is 9.10. The van der Waals surface area contributed by atoms with Gasteiger partial charge in [0, 0.05) is 11.0 Å². The van der Waals surface area contributed by atoms with Gasteiger partial charge >= 0.3 is 0 Å². The van der Waals surface area contributed by atoms with E-state index >= 15 is 0 Å². The lowest BCUT2D eigenvalue weighted by Gasteiger charge is -2.08. The van der Waals surface area contributed by atoms with Crippen LogP contribution in [0.2, 0.25) is 0 Å². The van der Waals surface area contributed by atoms with Gasteiger partial charge in [0.2, 0.25) is 10.0 Å². The molecule has 0 amide bonds. The highest BCUT2D eigenvalue weighted by atomic mass is 79.9. The summed E-state index contributed by atoms with van der Waals surface area (Å²) in [6, 6.07) is 6.86. The second kappa shape index (κ2) is 9.00. The van der Waals surface area contributed by atoms with Gasteiger partial charge in [0.1, 0.15) is 0 Å². The zero-order valence-electron chi connectivity index (χ0n) is 11.1. The summed E-state index contributed by atoms with van der Waals surface area (Å²) in [6.07, 6.45) is 6.43. The SMILES string of the molecule is CSCCCCCCNS(=O)(=O)c1ccccc1Br. The fraction of sp³-hybridized carbons (Fsp3) is 0.538. The highest BCUT2D eigenvalue weighted by Crippen LogP contribution is 2.20. The molecule has 0 aliphatic carbocycles. The van der Waals surface area contributed by atoms with Crippen LogP contribution in [0.1, 0.15) is 25.7 Å². The zero-order chi connectivity index (χ0) is 14.1. The number of unbranched alkanes of at least 4 members (excludes halogenated alkanes) is 3. The molecule has 19 heavy (non-hydrogen) atoms. The molecule has 3 nitrogen and oxygen atoms in total. The molecule has 0 atom stereocenters. The van der Waals surface area contributed by atoms with Crippen LogP contribution < -0.4 is 4.72 Å². The van der Waals surface area contributed by atoms with E-state index in [9.17, 15) is 8.42 Å². The number of rotatable bonds is 9. The Balaban J connectivity index is 2.34. The Labute approximate surface area is 128 Å². The smallest absolute Gasteiger partial charge is 0.211 e. The maximum Gasteiger partial charge on any atom is 0.241 e. The van der Waals surface area contributed by atoms with Crippen LogP contribution in [0.15, 0.2) is 33.6 Å². The van der Waals surface area contributed by atoms with Gasteiger partial charge in [-0.2, -0.15) is 11.8 Å². The molecule has 1 aromatic rings. The fourth-order valence-electron chi connectivity index (χ4n) is 1.67. The Bertz CT molecular complexity index is 477. The molecule has 0 saturated carbocycles. The van der Waals surface area contributed by atoms with Crippen molar-refractivity contribution in [2.24, 2.45) is 0 Å². The van der Waals surface area contributed by atoms with Crippen LogP contribution >= 0.6 is 27.7 Å².